The van der Waals surface area contributed by atoms with Crippen molar-refractivity contribution in [1.29, 1.82) is 0 Å². The molecule has 1 aromatic carbocycles. The van der Waals surface area contributed by atoms with Crippen LogP contribution in [0.2, 0.25) is 10.0 Å². The van der Waals surface area contributed by atoms with Crippen LogP contribution >= 0.6 is 35.0 Å². The fourth-order valence-corrected chi connectivity index (χ4v) is 2.49. The van der Waals surface area contributed by atoms with Crippen LogP contribution < -0.4 is 5.32 Å². The van der Waals surface area contributed by atoms with Gasteiger partial charge in [-0.15, -0.1) is 0 Å². The molecule has 6 heteroatoms. The maximum Gasteiger partial charge on any atom is 0.197 e. The minimum atomic E-state index is 0.0625. The molecule has 0 aliphatic rings. The summed E-state index contributed by atoms with van der Waals surface area (Å²) in [7, 11) is 0. The Hall–Kier alpha value is -1.10. The first-order chi connectivity index (χ1) is 9.02. The van der Waals surface area contributed by atoms with E-state index < -0.39 is 0 Å². The fourth-order valence-electron chi connectivity index (χ4n) is 1.46. The molecule has 19 heavy (non-hydrogen) atoms. The van der Waals surface area contributed by atoms with Crippen molar-refractivity contribution in [3.63, 3.8) is 0 Å². The topological polar surface area (TPSA) is 42.2 Å². The molecular weight excluding hydrogens is 305 g/mol. The summed E-state index contributed by atoms with van der Waals surface area (Å²) >= 11 is 13.0. The van der Waals surface area contributed by atoms with Gasteiger partial charge in [0.1, 0.15) is 5.76 Å². The Balaban J connectivity index is 2.05. The van der Waals surface area contributed by atoms with E-state index in [-0.39, 0.29) is 5.12 Å². The summed E-state index contributed by atoms with van der Waals surface area (Å²) < 4.78 is 5.55. The zero-order chi connectivity index (χ0) is 13.8. The molecule has 0 aliphatic carbocycles. The number of carbonyl (C=O) groups excluding carboxylic acids is 1. The maximum absolute atomic E-state index is 10.9. The summed E-state index contributed by atoms with van der Waals surface area (Å²) in [6, 6.07) is 8.78. The van der Waals surface area contributed by atoms with E-state index in [0.717, 1.165) is 11.4 Å². The quantitative estimate of drug-likeness (QED) is 0.851. The molecule has 0 unspecified atom stereocenters. The second-order valence-electron chi connectivity index (χ2n) is 3.83. The lowest BCUT2D eigenvalue weighted by Gasteiger charge is -2.04. The van der Waals surface area contributed by atoms with Gasteiger partial charge in [-0.3, -0.25) is 4.79 Å². The van der Waals surface area contributed by atoms with Gasteiger partial charge in [0.25, 0.3) is 0 Å². The molecule has 1 N–H and O–H groups in total. The van der Waals surface area contributed by atoms with E-state index in [0.29, 0.717) is 21.7 Å². The van der Waals surface area contributed by atoms with Gasteiger partial charge < -0.3 is 9.73 Å². The lowest BCUT2D eigenvalue weighted by atomic mass is 10.3. The number of benzene rings is 1. The normalized spacial score (nSPS) is 10.5. The fraction of sp³-hybridized carbons (Fsp3) is 0.154. The van der Waals surface area contributed by atoms with Gasteiger partial charge in [-0.05, 0) is 24.3 Å². The van der Waals surface area contributed by atoms with Crippen LogP contribution in [0.1, 0.15) is 12.7 Å². The van der Waals surface area contributed by atoms with Crippen molar-refractivity contribution in [2.75, 3.05) is 5.32 Å². The van der Waals surface area contributed by atoms with Crippen LogP contribution in [-0.2, 0) is 10.5 Å². The molecule has 100 valence electrons. The predicted octanol–water partition coefficient (Wildman–Crippen LogP) is 5.11. The van der Waals surface area contributed by atoms with Crippen LogP contribution in [0, 0.1) is 0 Å². The van der Waals surface area contributed by atoms with Crippen molar-refractivity contribution < 1.29 is 9.21 Å². The van der Waals surface area contributed by atoms with E-state index in [2.05, 4.69) is 5.32 Å². The Morgan fingerprint density at radius 3 is 2.58 bits per heavy atom. The van der Waals surface area contributed by atoms with Crippen LogP contribution in [0.25, 0.3) is 0 Å². The molecule has 0 atom stereocenters. The van der Waals surface area contributed by atoms with Crippen LogP contribution in [0.5, 0.6) is 0 Å². The predicted molar refractivity (Wildman–Crippen MR) is 80.4 cm³/mol. The number of nitrogens with one attached hydrogen (secondary N) is 1. The molecule has 0 radical (unpaired) electrons. The highest BCUT2D eigenvalue weighted by atomic mass is 35.5. The van der Waals surface area contributed by atoms with E-state index >= 15 is 0 Å². The molecule has 0 bridgehead atoms. The number of hydrogen-bond donors (Lipinski definition) is 1. The van der Waals surface area contributed by atoms with Crippen molar-refractivity contribution in [1.82, 2.24) is 0 Å². The van der Waals surface area contributed by atoms with E-state index in [1.54, 1.807) is 24.3 Å². The molecule has 1 aromatic heterocycles. The molecule has 1 heterocycles. The highest BCUT2D eigenvalue weighted by Crippen LogP contribution is 2.27. The van der Waals surface area contributed by atoms with Crippen LogP contribution in [0.15, 0.2) is 34.7 Å². The first-order valence-electron chi connectivity index (χ1n) is 5.48. The van der Waals surface area contributed by atoms with E-state index in [9.17, 15) is 4.79 Å². The van der Waals surface area contributed by atoms with Crippen LogP contribution in [0.4, 0.5) is 11.6 Å². The SMILES string of the molecule is CC(=O)SCc1ccc(Nc2cc(Cl)cc(Cl)c2)o1. The highest BCUT2D eigenvalue weighted by Gasteiger charge is 2.05. The second kappa shape index (κ2) is 6.37. The molecule has 0 amide bonds. The maximum atomic E-state index is 10.9. The molecule has 0 saturated heterocycles. The van der Waals surface area contributed by atoms with Gasteiger partial charge in [-0.25, -0.2) is 0 Å². The number of anilines is 2. The third-order valence-electron chi connectivity index (χ3n) is 2.21. The third-order valence-corrected chi connectivity index (χ3v) is 3.48. The second-order valence-corrected chi connectivity index (χ2v) is 5.85. The zero-order valence-corrected chi connectivity index (χ0v) is 12.4. The van der Waals surface area contributed by atoms with E-state index in [1.807, 2.05) is 6.07 Å². The Kier molecular flexibility index (Phi) is 4.80. The minimum Gasteiger partial charge on any atom is -0.445 e. The average Bonchev–Trinajstić information content (AvgIpc) is 2.72. The van der Waals surface area contributed by atoms with Crippen LogP contribution in [0.3, 0.4) is 0 Å². The number of carbonyl (C=O) groups is 1. The number of thioether (sulfide) groups is 1. The van der Waals surface area contributed by atoms with Crippen molar-refractivity contribution in [3.05, 3.63) is 46.1 Å². The van der Waals surface area contributed by atoms with Gasteiger partial charge >= 0.3 is 0 Å². The molecule has 0 spiro atoms. The summed E-state index contributed by atoms with van der Waals surface area (Å²) in [5, 5.41) is 4.23. The summed E-state index contributed by atoms with van der Waals surface area (Å²) in [5.74, 6) is 1.83. The van der Waals surface area contributed by atoms with Gasteiger partial charge in [0, 0.05) is 28.7 Å². The van der Waals surface area contributed by atoms with Crippen molar-refractivity contribution in [2.24, 2.45) is 0 Å². The Labute approximate surface area is 125 Å². The highest BCUT2D eigenvalue weighted by molar-refractivity contribution is 8.12. The van der Waals surface area contributed by atoms with Gasteiger partial charge in [-0.1, -0.05) is 35.0 Å². The largest absolute Gasteiger partial charge is 0.445 e. The van der Waals surface area contributed by atoms with Crippen molar-refractivity contribution in [2.45, 2.75) is 12.7 Å². The van der Waals surface area contributed by atoms with Gasteiger partial charge in [-0.2, -0.15) is 0 Å². The molecule has 0 aliphatic heterocycles. The zero-order valence-electron chi connectivity index (χ0n) is 10.1. The Morgan fingerprint density at radius 2 is 1.95 bits per heavy atom. The van der Waals surface area contributed by atoms with Gasteiger partial charge in [0.2, 0.25) is 0 Å². The van der Waals surface area contributed by atoms with Crippen molar-refractivity contribution in [3.8, 4) is 0 Å². The summed E-state index contributed by atoms with van der Waals surface area (Å²) in [4.78, 5) is 10.9. The number of halogens is 2. The summed E-state index contributed by atoms with van der Waals surface area (Å²) in [6.45, 7) is 1.53. The van der Waals surface area contributed by atoms with Crippen LogP contribution in [-0.4, -0.2) is 5.12 Å². The molecule has 3 nitrogen and oxygen atoms in total. The number of furan rings is 1. The van der Waals surface area contributed by atoms with E-state index in [4.69, 9.17) is 27.6 Å². The van der Waals surface area contributed by atoms with E-state index in [1.165, 1.54) is 18.7 Å². The molecule has 0 fully saturated rings. The summed E-state index contributed by atoms with van der Waals surface area (Å²) in [5.41, 5.74) is 0.748. The lowest BCUT2D eigenvalue weighted by molar-refractivity contribution is -0.109. The Morgan fingerprint density at radius 1 is 1.26 bits per heavy atom. The first kappa shape index (κ1) is 14.3. The standard InChI is InChI=1S/C13H11Cl2NO2S/c1-8(17)19-7-12-2-3-13(18-12)16-11-5-9(14)4-10(15)6-11/h2-6,16H,7H2,1H3. The van der Waals surface area contributed by atoms with Crippen molar-refractivity contribution >= 4 is 51.7 Å². The molecular formula is C13H11Cl2NO2S. The first-order valence-corrected chi connectivity index (χ1v) is 7.22. The minimum absolute atomic E-state index is 0.0625. The Bertz CT molecular complexity index is 578. The summed E-state index contributed by atoms with van der Waals surface area (Å²) in [6.07, 6.45) is 0. The lowest BCUT2D eigenvalue weighted by Crippen LogP contribution is -1.88. The van der Waals surface area contributed by atoms with Gasteiger partial charge in [0.15, 0.2) is 11.0 Å². The monoisotopic (exact) mass is 315 g/mol. The third kappa shape index (κ3) is 4.49. The van der Waals surface area contributed by atoms with Gasteiger partial charge in [0.05, 0.1) is 5.75 Å². The average molecular weight is 316 g/mol. The smallest absolute Gasteiger partial charge is 0.197 e. The number of rotatable bonds is 4. The molecule has 0 saturated carbocycles. The number of hydrogen-bond acceptors (Lipinski definition) is 4. The molecule has 2 aromatic rings. The molecule has 2 rings (SSSR count).